The number of aliphatic hydroxyl groups excluding tert-OH is 1. The fourth-order valence-corrected chi connectivity index (χ4v) is 1.93. The zero-order valence-electron chi connectivity index (χ0n) is 9.87. The van der Waals surface area contributed by atoms with Crippen LogP contribution in [0.3, 0.4) is 0 Å². The van der Waals surface area contributed by atoms with E-state index < -0.39 is 11.9 Å². The number of hydrogen-bond acceptors (Lipinski definition) is 2. The summed E-state index contributed by atoms with van der Waals surface area (Å²) in [5.41, 5.74) is 0.0169. The van der Waals surface area contributed by atoms with Crippen LogP contribution in [-0.4, -0.2) is 14.7 Å². The average molecular weight is 291 g/mol. The van der Waals surface area contributed by atoms with Crippen molar-refractivity contribution >= 4 is 11.6 Å². The lowest BCUT2D eigenvalue weighted by atomic mass is 10.1. The predicted molar refractivity (Wildman–Crippen MR) is 64.6 cm³/mol. The van der Waals surface area contributed by atoms with Crippen LogP contribution < -0.4 is 0 Å². The minimum Gasteiger partial charge on any atom is -0.392 e. The molecule has 2 rings (SSSR count). The van der Waals surface area contributed by atoms with Crippen LogP contribution in [0.15, 0.2) is 24.4 Å². The van der Waals surface area contributed by atoms with E-state index in [4.69, 9.17) is 16.7 Å². The Bertz CT molecular complexity index is 608. The van der Waals surface area contributed by atoms with E-state index in [1.807, 2.05) is 0 Å². The third-order valence-electron chi connectivity index (χ3n) is 2.65. The summed E-state index contributed by atoms with van der Waals surface area (Å²) in [6, 6.07) is 4.61. The summed E-state index contributed by atoms with van der Waals surface area (Å²) in [5.74, 6) is 0.165. The minimum absolute atomic E-state index is 0.165. The van der Waals surface area contributed by atoms with Crippen LogP contribution >= 0.6 is 11.6 Å². The molecule has 0 bridgehead atoms. The van der Waals surface area contributed by atoms with Crippen LogP contribution in [0.5, 0.6) is 0 Å². The number of benzene rings is 1. The first-order chi connectivity index (χ1) is 8.82. The summed E-state index contributed by atoms with van der Waals surface area (Å²) < 4.78 is 39.0. The third-order valence-corrected chi connectivity index (χ3v) is 3.00. The SMILES string of the molecule is Cn1cc(C(F)(F)F)nc1-c1ccc(CO)c(Cl)c1. The molecule has 102 valence electrons. The number of aromatic nitrogens is 2. The lowest BCUT2D eigenvalue weighted by molar-refractivity contribution is -0.140. The molecule has 19 heavy (non-hydrogen) atoms. The smallest absolute Gasteiger partial charge is 0.392 e. The quantitative estimate of drug-likeness (QED) is 0.922. The van der Waals surface area contributed by atoms with Crippen molar-refractivity contribution in [3.63, 3.8) is 0 Å². The van der Waals surface area contributed by atoms with Crippen molar-refractivity contribution in [2.75, 3.05) is 0 Å². The first-order valence-electron chi connectivity index (χ1n) is 5.33. The number of aryl methyl sites for hydroxylation is 1. The highest BCUT2D eigenvalue weighted by Gasteiger charge is 2.34. The first kappa shape index (κ1) is 13.9. The van der Waals surface area contributed by atoms with E-state index >= 15 is 0 Å². The van der Waals surface area contributed by atoms with Gasteiger partial charge in [0.15, 0.2) is 5.69 Å². The maximum Gasteiger partial charge on any atom is 0.434 e. The molecule has 0 aliphatic heterocycles. The normalized spacial score (nSPS) is 11.9. The van der Waals surface area contributed by atoms with Crippen molar-refractivity contribution in [1.29, 1.82) is 0 Å². The summed E-state index contributed by atoms with van der Waals surface area (Å²) in [5, 5.41) is 9.28. The van der Waals surface area contributed by atoms with E-state index in [1.54, 1.807) is 12.1 Å². The summed E-state index contributed by atoms with van der Waals surface area (Å²) in [4.78, 5) is 3.56. The number of imidazole rings is 1. The highest BCUT2D eigenvalue weighted by atomic mass is 35.5. The molecule has 1 heterocycles. The first-order valence-corrected chi connectivity index (χ1v) is 5.71. The summed E-state index contributed by atoms with van der Waals surface area (Å²) >= 11 is 5.91. The molecule has 1 aromatic carbocycles. The van der Waals surface area contributed by atoms with Gasteiger partial charge in [0.25, 0.3) is 0 Å². The van der Waals surface area contributed by atoms with E-state index in [1.165, 1.54) is 17.7 Å². The molecule has 0 saturated carbocycles. The molecule has 0 amide bonds. The largest absolute Gasteiger partial charge is 0.434 e. The average Bonchev–Trinajstić information content (AvgIpc) is 2.71. The Balaban J connectivity index is 2.48. The molecule has 0 spiro atoms. The fourth-order valence-electron chi connectivity index (χ4n) is 1.69. The van der Waals surface area contributed by atoms with E-state index in [-0.39, 0.29) is 17.5 Å². The zero-order valence-corrected chi connectivity index (χ0v) is 10.6. The van der Waals surface area contributed by atoms with Gasteiger partial charge in [0.1, 0.15) is 5.82 Å². The van der Waals surface area contributed by atoms with Gasteiger partial charge in [0, 0.05) is 23.8 Å². The summed E-state index contributed by atoms with van der Waals surface area (Å²) in [7, 11) is 1.48. The Morgan fingerprint density at radius 2 is 2.05 bits per heavy atom. The Hall–Kier alpha value is -1.53. The maximum absolute atomic E-state index is 12.6. The van der Waals surface area contributed by atoms with Gasteiger partial charge in [-0.1, -0.05) is 23.7 Å². The lowest BCUT2D eigenvalue weighted by Gasteiger charge is -2.05. The molecular formula is C12H10ClF3N2O. The van der Waals surface area contributed by atoms with E-state index in [0.29, 0.717) is 11.1 Å². The number of aliphatic hydroxyl groups is 1. The molecular weight excluding hydrogens is 281 g/mol. The summed E-state index contributed by atoms with van der Waals surface area (Å²) in [6.45, 7) is -0.229. The molecule has 0 fully saturated rings. The summed E-state index contributed by atoms with van der Waals surface area (Å²) in [6.07, 6.45) is -3.56. The van der Waals surface area contributed by atoms with Crippen molar-refractivity contribution in [2.24, 2.45) is 7.05 Å². The Kier molecular flexibility index (Phi) is 3.56. The standard InChI is InChI=1S/C12H10ClF3N2O/c1-18-5-10(12(14,15)16)17-11(18)7-2-3-8(6-19)9(13)4-7/h2-5,19H,6H2,1H3. The van der Waals surface area contributed by atoms with Gasteiger partial charge < -0.3 is 9.67 Å². The van der Waals surface area contributed by atoms with Crippen molar-refractivity contribution in [3.05, 3.63) is 40.7 Å². The van der Waals surface area contributed by atoms with Crippen LogP contribution in [-0.2, 0) is 19.8 Å². The monoisotopic (exact) mass is 290 g/mol. The molecule has 7 heteroatoms. The second-order valence-corrected chi connectivity index (χ2v) is 4.43. The van der Waals surface area contributed by atoms with Gasteiger partial charge in [-0.25, -0.2) is 4.98 Å². The fraction of sp³-hybridized carbons (Fsp3) is 0.250. The number of halogens is 4. The molecule has 2 aromatic rings. The second-order valence-electron chi connectivity index (χ2n) is 4.02. The number of nitrogens with zero attached hydrogens (tertiary/aromatic N) is 2. The van der Waals surface area contributed by atoms with Gasteiger partial charge in [-0.05, 0) is 11.6 Å². The molecule has 0 aliphatic rings. The second kappa shape index (κ2) is 4.86. The van der Waals surface area contributed by atoms with E-state index in [2.05, 4.69) is 4.98 Å². The van der Waals surface area contributed by atoms with Gasteiger partial charge in [-0.2, -0.15) is 13.2 Å². The van der Waals surface area contributed by atoms with Gasteiger partial charge >= 0.3 is 6.18 Å². The van der Waals surface area contributed by atoms with Crippen molar-refractivity contribution < 1.29 is 18.3 Å². The molecule has 3 nitrogen and oxygen atoms in total. The van der Waals surface area contributed by atoms with Gasteiger partial charge in [0.05, 0.1) is 6.61 Å². The highest BCUT2D eigenvalue weighted by Crippen LogP contribution is 2.31. The molecule has 0 unspecified atom stereocenters. The number of rotatable bonds is 2. The van der Waals surface area contributed by atoms with E-state index in [9.17, 15) is 13.2 Å². The number of hydrogen-bond donors (Lipinski definition) is 1. The topological polar surface area (TPSA) is 38.0 Å². The van der Waals surface area contributed by atoms with Crippen LogP contribution in [0.4, 0.5) is 13.2 Å². The Morgan fingerprint density at radius 3 is 2.53 bits per heavy atom. The Labute approximate surface area is 112 Å². The minimum atomic E-state index is -4.48. The van der Waals surface area contributed by atoms with Crippen molar-refractivity contribution in [1.82, 2.24) is 9.55 Å². The lowest BCUT2D eigenvalue weighted by Crippen LogP contribution is -2.04. The van der Waals surface area contributed by atoms with Crippen LogP contribution in [0, 0.1) is 0 Å². The van der Waals surface area contributed by atoms with Crippen molar-refractivity contribution in [2.45, 2.75) is 12.8 Å². The van der Waals surface area contributed by atoms with Crippen LogP contribution in [0.25, 0.3) is 11.4 Å². The zero-order chi connectivity index (χ0) is 14.2. The maximum atomic E-state index is 12.6. The molecule has 1 aromatic heterocycles. The van der Waals surface area contributed by atoms with Gasteiger partial charge in [0.2, 0.25) is 0 Å². The van der Waals surface area contributed by atoms with Gasteiger partial charge in [-0.3, -0.25) is 0 Å². The molecule has 0 atom stereocenters. The third kappa shape index (κ3) is 2.74. The predicted octanol–water partition coefficient (Wildman–Crippen LogP) is 3.25. The van der Waals surface area contributed by atoms with Crippen molar-refractivity contribution in [3.8, 4) is 11.4 Å². The molecule has 0 aliphatic carbocycles. The van der Waals surface area contributed by atoms with Gasteiger partial charge in [-0.15, -0.1) is 0 Å². The number of alkyl halides is 3. The molecule has 0 radical (unpaired) electrons. The van der Waals surface area contributed by atoms with Crippen LogP contribution in [0.2, 0.25) is 5.02 Å². The Morgan fingerprint density at radius 1 is 1.37 bits per heavy atom. The highest BCUT2D eigenvalue weighted by molar-refractivity contribution is 6.31. The van der Waals surface area contributed by atoms with Crippen LogP contribution in [0.1, 0.15) is 11.3 Å². The van der Waals surface area contributed by atoms with E-state index in [0.717, 1.165) is 6.20 Å². The molecule has 1 N–H and O–H groups in total. The molecule has 0 saturated heterocycles.